The van der Waals surface area contributed by atoms with Crippen LogP contribution in [0.2, 0.25) is 0 Å². The lowest BCUT2D eigenvalue weighted by molar-refractivity contribution is 0.100. The van der Waals surface area contributed by atoms with E-state index in [9.17, 15) is 4.79 Å². The Morgan fingerprint density at radius 3 is 2.76 bits per heavy atom. The van der Waals surface area contributed by atoms with Gasteiger partial charge in [-0.3, -0.25) is 4.79 Å². The summed E-state index contributed by atoms with van der Waals surface area (Å²) in [6.45, 7) is 8.12. The molecule has 0 aliphatic rings. The second-order valence-electron chi connectivity index (χ2n) is 5.68. The number of ether oxygens (including phenoxy) is 1. The average Bonchev–Trinajstić information content (AvgIpc) is 3.12. The van der Waals surface area contributed by atoms with Crippen LogP contribution in [0, 0.1) is 13.8 Å². The number of fused-ring (bicyclic) bond motifs is 1. The molecule has 2 aromatic heterocycles. The first-order valence-corrected chi connectivity index (χ1v) is 10.4. The number of hydrogen-bond acceptors (Lipinski definition) is 4. The summed E-state index contributed by atoms with van der Waals surface area (Å²) in [6.07, 6.45) is 0. The third-order valence-electron chi connectivity index (χ3n) is 3.76. The number of halogens is 1. The van der Waals surface area contributed by atoms with Gasteiger partial charge in [0.25, 0.3) is 5.91 Å². The highest BCUT2D eigenvalue weighted by Gasteiger charge is 2.13. The predicted octanol–water partition coefficient (Wildman–Crippen LogP) is 4.92. The Labute approximate surface area is 162 Å². The molecule has 25 heavy (non-hydrogen) atoms. The van der Waals surface area contributed by atoms with Gasteiger partial charge in [0.05, 0.1) is 25.5 Å². The second-order valence-corrected chi connectivity index (χ2v) is 9.15. The van der Waals surface area contributed by atoms with Gasteiger partial charge in [0, 0.05) is 13.2 Å². The fourth-order valence-corrected chi connectivity index (χ4v) is 5.26. The summed E-state index contributed by atoms with van der Waals surface area (Å²) in [5.74, 6) is -0.207. The van der Waals surface area contributed by atoms with E-state index >= 15 is 0 Å². The molecule has 7 heteroatoms. The highest BCUT2D eigenvalue weighted by Crippen LogP contribution is 2.25. The van der Waals surface area contributed by atoms with Crippen molar-refractivity contribution in [3.8, 4) is 0 Å². The van der Waals surface area contributed by atoms with E-state index in [2.05, 4.69) is 51.5 Å². The Balaban J connectivity index is 2.12. The molecule has 0 fully saturated rings. The zero-order valence-electron chi connectivity index (χ0n) is 14.3. The molecule has 2 heterocycles. The molecule has 0 spiro atoms. The van der Waals surface area contributed by atoms with Gasteiger partial charge in [-0.2, -0.15) is 4.99 Å². The van der Waals surface area contributed by atoms with Crippen molar-refractivity contribution in [2.75, 3.05) is 13.2 Å². The molecule has 132 valence electrons. The second kappa shape index (κ2) is 7.95. The van der Waals surface area contributed by atoms with Crippen molar-refractivity contribution in [3.05, 3.63) is 48.9 Å². The van der Waals surface area contributed by atoms with E-state index in [0.29, 0.717) is 24.6 Å². The van der Waals surface area contributed by atoms with Gasteiger partial charge in [0.1, 0.15) is 0 Å². The SMILES string of the molecule is CCOCCn1c(=NC(=O)c2ccc(Br)s2)sc2cc(C)cc(C)c21. The normalized spacial score (nSPS) is 12.2. The zero-order valence-corrected chi connectivity index (χ0v) is 17.6. The van der Waals surface area contributed by atoms with Crippen molar-refractivity contribution < 1.29 is 9.53 Å². The summed E-state index contributed by atoms with van der Waals surface area (Å²) in [7, 11) is 0. The van der Waals surface area contributed by atoms with Gasteiger partial charge in [-0.1, -0.05) is 17.4 Å². The molecule has 0 aliphatic heterocycles. The van der Waals surface area contributed by atoms with Gasteiger partial charge >= 0.3 is 0 Å². The van der Waals surface area contributed by atoms with Crippen LogP contribution in [0.25, 0.3) is 10.2 Å². The number of aromatic nitrogens is 1. The Hall–Kier alpha value is -1.28. The molecule has 1 amide bonds. The van der Waals surface area contributed by atoms with Crippen molar-refractivity contribution in [3.63, 3.8) is 0 Å². The highest BCUT2D eigenvalue weighted by molar-refractivity contribution is 9.11. The molecule has 0 aliphatic carbocycles. The fourth-order valence-electron chi connectivity index (χ4n) is 2.76. The number of thiophene rings is 1. The molecule has 0 unspecified atom stereocenters. The van der Waals surface area contributed by atoms with Gasteiger partial charge in [-0.25, -0.2) is 0 Å². The highest BCUT2D eigenvalue weighted by atomic mass is 79.9. The maximum atomic E-state index is 12.5. The number of benzene rings is 1. The summed E-state index contributed by atoms with van der Waals surface area (Å²) in [4.78, 5) is 18.3. The third-order valence-corrected chi connectivity index (χ3v) is 6.39. The summed E-state index contributed by atoms with van der Waals surface area (Å²) < 4.78 is 9.70. The van der Waals surface area contributed by atoms with Crippen LogP contribution in [0.4, 0.5) is 0 Å². The largest absolute Gasteiger partial charge is 0.380 e. The summed E-state index contributed by atoms with van der Waals surface area (Å²) >= 11 is 6.35. The summed E-state index contributed by atoms with van der Waals surface area (Å²) in [6, 6.07) is 7.98. The molecule has 4 nitrogen and oxygen atoms in total. The first-order valence-electron chi connectivity index (χ1n) is 8.02. The lowest BCUT2D eigenvalue weighted by Gasteiger charge is -2.08. The van der Waals surface area contributed by atoms with Crippen molar-refractivity contribution in [2.24, 2.45) is 4.99 Å². The van der Waals surface area contributed by atoms with Crippen molar-refractivity contribution in [1.82, 2.24) is 4.57 Å². The van der Waals surface area contributed by atoms with E-state index < -0.39 is 0 Å². The van der Waals surface area contributed by atoms with Crippen LogP contribution in [-0.2, 0) is 11.3 Å². The molecular formula is C18H19BrN2O2S2. The number of carbonyl (C=O) groups excluding carboxylic acids is 1. The van der Waals surface area contributed by atoms with Gasteiger partial charge in [-0.15, -0.1) is 11.3 Å². The van der Waals surface area contributed by atoms with Gasteiger partial charge in [0.15, 0.2) is 4.80 Å². The van der Waals surface area contributed by atoms with Crippen molar-refractivity contribution in [2.45, 2.75) is 27.3 Å². The molecule has 0 saturated carbocycles. The Kier molecular flexibility index (Phi) is 5.89. The molecular weight excluding hydrogens is 420 g/mol. The Morgan fingerprint density at radius 2 is 2.08 bits per heavy atom. The summed E-state index contributed by atoms with van der Waals surface area (Å²) in [5.41, 5.74) is 3.54. The van der Waals surface area contributed by atoms with E-state index in [4.69, 9.17) is 4.74 Å². The topological polar surface area (TPSA) is 43.6 Å². The summed E-state index contributed by atoms with van der Waals surface area (Å²) in [5, 5.41) is 0. The van der Waals surface area contributed by atoms with E-state index in [0.717, 1.165) is 18.8 Å². The minimum absolute atomic E-state index is 0.207. The first kappa shape index (κ1) is 18.5. The van der Waals surface area contributed by atoms with E-state index in [1.165, 1.54) is 22.5 Å². The number of amides is 1. The van der Waals surface area contributed by atoms with E-state index in [1.807, 2.05) is 13.0 Å². The van der Waals surface area contributed by atoms with Crippen LogP contribution in [0.3, 0.4) is 0 Å². The first-order chi connectivity index (χ1) is 12.0. The van der Waals surface area contributed by atoms with Crippen LogP contribution in [-0.4, -0.2) is 23.7 Å². The standard InChI is InChI=1S/C18H19BrN2O2S2/c1-4-23-8-7-21-16-12(3)9-11(2)10-14(16)25-18(21)20-17(22)13-5-6-15(19)24-13/h5-6,9-10H,4,7-8H2,1-3H3. The van der Waals surface area contributed by atoms with Gasteiger partial charge in [-0.05, 0) is 66.0 Å². The van der Waals surface area contributed by atoms with E-state index in [1.54, 1.807) is 17.4 Å². The van der Waals surface area contributed by atoms with Crippen LogP contribution < -0.4 is 4.80 Å². The quantitative estimate of drug-likeness (QED) is 0.530. The fraction of sp³-hybridized carbons (Fsp3) is 0.333. The van der Waals surface area contributed by atoms with Crippen LogP contribution in [0.5, 0.6) is 0 Å². The lowest BCUT2D eigenvalue weighted by Crippen LogP contribution is -2.20. The zero-order chi connectivity index (χ0) is 18.0. The third kappa shape index (κ3) is 4.11. The van der Waals surface area contributed by atoms with Crippen molar-refractivity contribution >= 4 is 54.7 Å². The molecule has 0 radical (unpaired) electrons. The van der Waals surface area contributed by atoms with Crippen LogP contribution in [0.15, 0.2) is 33.0 Å². The Morgan fingerprint density at radius 1 is 1.28 bits per heavy atom. The minimum atomic E-state index is -0.207. The predicted molar refractivity (Wildman–Crippen MR) is 108 cm³/mol. The molecule has 0 atom stereocenters. The molecule has 3 aromatic rings. The van der Waals surface area contributed by atoms with E-state index in [-0.39, 0.29) is 5.91 Å². The average molecular weight is 439 g/mol. The molecule has 1 aromatic carbocycles. The van der Waals surface area contributed by atoms with Crippen LogP contribution >= 0.6 is 38.6 Å². The minimum Gasteiger partial charge on any atom is -0.380 e. The van der Waals surface area contributed by atoms with Crippen LogP contribution in [0.1, 0.15) is 27.7 Å². The number of carbonyl (C=O) groups is 1. The van der Waals surface area contributed by atoms with Gasteiger partial charge < -0.3 is 9.30 Å². The maximum absolute atomic E-state index is 12.5. The maximum Gasteiger partial charge on any atom is 0.289 e. The number of nitrogens with zero attached hydrogens (tertiary/aromatic N) is 2. The number of hydrogen-bond donors (Lipinski definition) is 0. The smallest absolute Gasteiger partial charge is 0.289 e. The van der Waals surface area contributed by atoms with Crippen molar-refractivity contribution in [1.29, 1.82) is 0 Å². The molecule has 3 rings (SSSR count). The number of rotatable bonds is 5. The molecule has 0 bridgehead atoms. The lowest BCUT2D eigenvalue weighted by atomic mass is 10.1. The van der Waals surface area contributed by atoms with Gasteiger partial charge in [0.2, 0.25) is 0 Å². The molecule has 0 N–H and O–H groups in total. The Bertz CT molecular complexity index is 985. The monoisotopic (exact) mass is 438 g/mol. The molecule has 0 saturated heterocycles. The number of aryl methyl sites for hydroxylation is 2. The number of thiazole rings is 1.